The zero-order chi connectivity index (χ0) is 12.1. The second-order valence-corrected chi connectivity index (χ2v) is 4.62. The van der Waals surface area contributed by atoms with Gasteiger partial charge in [0.05, 0.1) is 0 Å². The van der Waals surface area contributed by atoms with Gasteiger partial charge in [-0.1, -0.05) is 30.3 Å². The van der Waals surface area contributed by atoms with E-state index in [0.717, 1.165) is 12.0 Å². The van der Waals surface area contributed by atoms with Gasteiger partial charge in [-0.2, -0.15) is 11.3 Å². The highest BCUT2D eigenvalue weighted by Crippen LogP contribution is 2.24. The summed E-state index contributed by atoms with van der Waals surface area (Å²) >= 11 is 1.61. The number of rotatable bonds is 4. The Kier molecular flexibility index (Phi) is 3.94. The molecule has 17 heavy (non-hydrogen) atoms. The van der Waals surface area contributed by atoms with E-state index < -0.39 is 0 Å². The lowest BCUT2D eigenvalue weighted by atomic mass is 10.0. The number of hydrogen-bond donors (Lipinski definition) is 0. The Labute approximate surface area is 105 Å². The molecule has 3 heteroatoms. The van der Waals surface area contributed by atoms with Crippen LogP contribution in [0.4, 0.5) is 0 Å². The number of ether oxygens (including phenoxy) is 1. The van der Waals surface area contributed by atoms with E-state index in [2.05, 4.69) is 0 Å². The van der Waals surface area contributed by atoms with Crippen molar-refractivity contribution in [2.75, 3.05) is 0 Å². The van der Waals surface area contributed by atoms with Crippen molar-refractivity contribution in [2.45, 2.75) is 19.4 Å². The summed E-state index contributed by atoms with van der Waals surface area (Å²) in [7, 11) is 0. The molecular formula is C14H14O2S. The molecule has 0 spiro atoms. The SMILES string of the molecule is CC(=O)OC(Cc1ccccc1)c1ccsc1. The molecule has 0 saturated heterocycles. The lowest BCUT2D eigenvalue weighted by Crippen LogP contribution is -2.10. The zero-order valence-electron chi connectivity index (χ0n) is 9.63. The van der Waals surface area contributed by atoms with Gasteiger partial charge in [0.15, 0.2) is 0 Å². The van der Waals surface area contributed by atoms with Gasteiger partial charge in [0.1, 0.15) is 6.10 Å². The summed E-state index contributed by atoms with van der Waals surface area (Å²) in [4.78, 5) is 11.1. The van der Waals surface area contributed by atoms with Gasteiger partial charge in [-0.3, -0.25) is 4.79 Å². The summed E-state index contributed by atoms with van der Waals surface area (Å²) in [5, 5.41) is 4.02. The number of esters is 1. The van der Waals surface area contributed by atoms with E-state index in [9.17, 15) is 4.79 Å². The Balaban J connectivity index is 2.14. The van der Waals surface area contributed by atoms with Gasteiger partial charge < -0.3 is 4.74 Å². The Morgan fingerprint density at radius 2 is 2.06 bits per heavy atom. The van der Waals surface area contributed by atoms with Gasteiger partial charge in [-0.05, 0) is 22.4 Å². The molecule has 2 rings (SSSR count). The molecule has 1 heterocycles. The van der Waals surface area contributed by atoms with Crippen molar-refractivity contribution < 1.29 is 9.53 Å². The normalized spacial score (nSPS) is 12.1. The van der Waals surface area contributed by atoms with Crippen molar-refractivity contribution >= 4 is 17.3 Å². The number of thiophene rings is 1. The van der Waals surface area contributed by atoms with Crippen molar-refractivity contribution in [1.82, 2.24) is 0 Å². The monoisotopic (exact) mass is 246 g/mol. The second-order valence-electron chi connectivity index (χ2n) is 3.84. The molecule has 2 nitrogen and oxygen atoms in total. The summed E-state index contributed by atoms with van der Waals surface area (Å²) in [6, 6.07) is 12.1. The van der Waals surface area contributed by atoms with Crippen LogP contribution >= 0.6 is 11.3 Å². The molecule has 2 aromatic rings. The van der Waals surface area contributed by atoms with Gasteiger partial charge in [0.25, 0.3) is 0 Å². The lowest BCUT2D eigenvalue weighted by Gasteiger charge is -2.16. The van der Waals surface area contributed by atoms with Crippen molar-refractivity contribution in [3.05, 3.63) is 58.3 Å². The van der Waals surface area contributed by atoms with E-state index in [0.29, 0.717) is 0 Å². The number of benzene rings is 1. The molecular weight excluding hydrogens is 232 g/mol. The molecule has 0 radical (unpaired) electrons. The van der Waals surface area contributed by atoms with Crippen LogP contribution in [0.25, 0.3) is 0 Å². The van der Waals surface area contributed by atoms with E-state index in [-0.39, 0.29) is 12.1 Å². The third kappa shape index (κ3) is 3.43. The zero-order valence-corrected chi connectivity index (χ0v) is 10.4. The fraction of sp³-hybridized carbons (Fsp3) is 0.214. The Morgan fingerprint density at radius 1 is 1.29 bits per heavy atom. The third-order valence-corrected chi connectivity index (χ3v) is 3.19. The molecule has 0 fully saturated rings. The first-order valence-electron chi connectivity index (χ1n) is 5.49. The molecule has 0 N–H and O–H groups in total. The van der Waals surface area contributed by atoms with E-state index in [1.54, 1.807) is 11.3 Å². The van der Waals surface area contributed by atoms with Crippen molar-refractivity contribution in [3.63, 3.8) is 0 Å². The Bertz CT molecular complexity index is 462. The van der Waals surface area contributed by atoms with Crippen LogP contribution in [0.15, 0.2) is 47.2 Å². The summed E-state index contributed by atoms with van der Waals surface area (Å²) < 4.78 is 5.37. The number of hydrogen-bond acceptors (Lipinski definition) is 3. The van der Waals surface area contributed by atoms with Crippen LogP contribution in [0.3, 0.4) is 0 Å². The molecule has 0 bridgehead atoms. The third-order valence-electron chi connectivity index (χ3n) is 2.49. The number of carbonyl (C=O) groups is 1. The highest BCUT2D eigenvalue weighted by atomic mass is 32.1. The van der Waals surface area contributed by atoms with Gasteiger partial charge >= 0.3 is 5.97 Å². The van der Waals surface area contributed by atoms with Crippen LogP contribution in [0.5, 0.6) is 0 Å². The minimum atomic E-state index is -0.239. The van der Waals surface area contributed by atoms with Gasteiger partial charge in [-0.15, -0.1) is 0 Å². The molecule has 0 saturated carbocycles. The predicted octanol–water partition coefficient (Wildman–Crippen LogP) is 3.60. The Morgan fingerprint density at radius 3 is 2.65 bits per heavy atom. The van der Waals surface area contributed by atoms with Crippen LogP contribution in [0, 0.1) is 0 Å². The fourth-order valence-electron chi connectivity index (χ4n) is 1.71. The molecule has 1 unspecified atom stereocenters. The van der Waals surface area contributed by atoms with E-state index in [1.165, 1.54) is 12.5 Å². The Hall–Kier alpha value is -1.61. The minimum absolute atomic E-state index is 0.179. The van der Waals surface area contributed by atoms with Crippen LogP contribution in [-0.2, 0) is 16.0 Å². The average Bonchev–Trinajstić information content (AvgIpc) is 2.82. The molecule has 1 aromatic heterocycles. The molecule has 0 amide bonds. The van der Waals surface area contributed by atoms with Gasteiger partial charge in [0, 0.05) is 18.9 Å². The maximum Gasteiger partial charge on any atom is 0.303 e. The van der Waals surface area contributed by atoms with Crippen LogP contribution in [-0.4, -0.2) is 5.97 Å². The predicted molar refractivity (Wildman–Crippen MR) is 69.0 cm³/mol. The first-order valence-corrected chi connectivity index (χ1v) is 6.43. The van der Waals surface area contributed by atoms with Crippen molar-refractivity contribution in [2.24, 2.45) is 0 Å². The maximum absolute atomic E-state index is 11.1. The van der Waals surface area contributed by atoms with Crippen LogP contribution < -0.4 is 0 Å². The average molecular weight is 246 g/mol. The molecule has 0 aliphatic rings. The highest BCUT2D eigenvalue weighted by Gasteiger charge is 2.15. The lowest BCUT2D eigenvalue weighted by molar-refractivity contribution is -0.146. The standard InChI is InChI=1S/C14H14O2S/c1-11(15)16-14(13-7-8-17-10-13)9-12-5-3-2-4-6-12/h2-8,10,14H,9H2,1H3. The topological polar surface area (TPSA) is 26.3 Å². The first-order chi connectivity index (χ1) is 8.25. The largest absolute Gasteiger partial charge is 0.457 e. The number of carbonyl (C=O) groups excluding carboxylic acids is 1. The summed E-state index contributed by atoms with van der Waals surface area (Å²) in [5.74, 6) is -0.239. The first kappa shape index (κ1) is 11.9. The summed E-state index contributed by atoms with van der Waals surface area (Å²) in [6.45, 7) is 1.45. The summed E-state index contributed by atoms with van der Waals surface area (Å²) in [6.07, 6.45) is 0.540. The molecule has 0 aliphatic carbocycles. The minimum Gasteiger partial charge on any atom is -0.457 e. The van der Waals surface area contributed by atoms with Gasteiger partial charge in [-0.25, -0.2) is 0 Å². The smallest absolute Gasteiger partial charge is 0.303 e. The van der Waals surface area contributed by atoms with Crippen molar-refractivity contribution in [1.29, 1.82) is 0 Å². The fourth-order valence-corrected chi connectivity index (χ4v) is 2.42. The van der Waals surface area contributed by atoms with Gasteiger partial charge in [0.2, 0.25) is 0 Å². The second kappa shape index (κ2) is 5.64. The van der Waals surface area contributed by atoms with E-state index in [4.69, 9.17) is 4.74 Å². The molecule has 1 aromatic carbocycles. The van der Waals surface area contributed by atoms with Crippen molar-refractivity contribution in [3.8, 4) is 0 Å². The van der Waals surface area contributed by atoms with E-state index >= 15 is 0 Å². The summed E-state index contributed by atoms with van der Waals surface area (Å²) in [5.41, 5.74) is 2.24. The molecule has 88 valence electrons. The maximum atomic E-state index is 11.1. The highest BCUT2D eigenvalue weighted by molar-refractivity contribution is 7.07. The van der Waals surface area contributed by atoms with Crippen LogP contribution in [0.1, 0.15) is 24.2 Å². The molecule has 0 aliphatic heterocycles. The van der Waals surface area contributed by atoms with Crippen LogP contribution in [0.2, 0.25) is 0 Å². The quantitative estimate of drug-likeness (QED) is 0.770. The molecule has 1 atom stereocenters. The van der Waals surface area contributed by atoms with E-state index in [1.807, 2.05) is 47.2 Å².